The molecule has 1 aliphatic rings. The molecule has 9 heavy (non-hydrogen) atoms. The number of hydrogen-bond acceptors (Lipinski definition) is 0. The van der Waals surface area contributed by atoms with Crippen molar-refractivity contribution in [3.05, 3.63) is 11.1 Å². The Kier molecular flexibility index (Phi) is 1.23. The highest BCUT2D eigenvalue weighted by Crippen LogP contribution is 2.49. The predicted molar refractivity (Wildman–Crippen MR) is 41.3 cm³/mol. The lowest BCUT2D eigenvalue weighted by atomic mass is 9.60. The monoisotopic (exact) mass is 124 g/mol. The molecule has 0 aromatic carbocycles. The Balaban J connectivity index is 2.92. The summed E-state index contributed by atoms with van der Waals surface area (Å²) in [6.45, 7) is 11.4. The third-order valence-electron chi connectivity index (χ3n) is 3.29. The van der Waals surface area contributed by atoms with Crippen molar-refractivity contribution in [2.75, 3.05) is 0 Å². The van der Waals surface area contributed by atoms with Crippen LogP contribution in [0.4, 0.5) is 0 Å². The van der Waals surface area contributed by atoms with Gasteiger partial charge < -0.3 is 0 Å². The van der Waals surface area contributed by atoms with Crippen molar-refractivity contribution in [1.29, 1.82) is 0 Å². The Morgan fingerprint density at radius 1 is 1.22 bits per heavy atom. The average molecular weight is 124 g/mol. The van der Waals surface area contributed by atoms with E-state index < -0.39 is 0 Å². The van der Waals surface area contributed by atoms with E-state index in [1.807, 2.05) is 0 Å². The molecule has 52 valence electrons. The van der Waals surface area contributed by atoms with Crippen molar-refractivity contribution in [3.8, 4) is 0 Å². The zero-order valence-electron chi connectivity index (χ0n) is 7.08. The molecule has 0 bridgehead atoms. The van der Waals surface area contributed by atoms with Gasteiger partial charge in [0.2, 0.25) is 0 Å². The van der Waals surface area contributed by atoms with Gasteiger partial charge in [0.25, 0.3) is 0 Å². The highest BCUT2D eigenvalue weighted by Gasteiger charge is 2.38. The van der Waals surface area contributed by atoms with Crippen molar-refractivity contribution in [3.63, 3.8) is 0 Å². The summed E-state index contributed by atoms with van der Waals surface area (Å²) in [5.41, 5.74) is 3.68. The second kappa shape index (κ2) is 1.62. The van der Waals surface area contributed by atoms with Gasteiger partial charge in [0, 0.05) is 0 Å². The fraction of sp³-hybridized carbons (Fsp3) is 0.778. The van der Waals surface area contributed by atoms with Gasteiger partial charge in [-0.15, -0.1) is 0 Å². The SMILES string of the molecule is CC1=C(C)C(C)(C)[C@@H]1C. The van der Waals surface area contributed by atoms with Crippen molar-refractivity contribution in [2.45, 2.75) is 34.6 Å². The molecule has 0 nitrogen and oxygen atoms in total. The smallest absolute Gasteiger partial charge is 0.00820 e. The minimum absolute atomic E-state index is 0.490. The molecule has 1 rings (SSSR count). The summed E-state index contributed by atoms with van der Waals surface area (Å²) in [5.74, 6) is 0.803. The fourth-order valence-corrected chi connectivity index (χ4v) is 1.62. The van der Waals surface area contributed by atoms with Gasteiger partial charge in [-0.2, -0.15) is 0 Å². The zero-order chi connectivity index (χ0) is 7.23. The van der Waals surface area contributed by atoms with Gasteiger partial charge in [0.1, 0.15) is 0 Å². The van der Waals surface area contributed by atoms with Crippen LogP contribution in [0.2, 0.25) is 0 Å². The van der Waals surface area contributed by atoms with E-state index >= 15 is 0 Å². The van der Waals surface area contributed by atoms with Crippen LogP contribution in [0.15, 0.2) is 11.1 Å². The first-order valence-electron chi connectivity index (χ1n) is 3.65. The highest BCUT2D eigenvalue weighted by molar-refractivity contribution is 5.32. The molecular formula is C9H16. The zero-order valence-corrected chi connectivity index (χ0v) is 7.08. The molecule has 0 spiro atoms. The van der Waals surface area contributed by atoms with Crippen molar-refractivity contribution < 1.29 is 0 Å². The molecule has 0 radical (unpaired) electrons. The topological polar surface area (TPSA) is 0 Å². The summed E-state index contributed by atoms with van der Waals surface area (Å²) in [6, 6.07) is 0. The second-order valence-electron chi connectivity index (χ2n) is 3.75. The van der Waals surface area contributed by atoms with Crippen LogP contribution in [0.3, 0.4) is 0 Å². The Morgan fingerprint density at radius 2 is 1.67 bits per heavy atom. The van der Waals surface area contributed by atoms with Crippen molar-refractivity contribution in [1.82, 2.24) is 0 Å². The van der Waals surface area contributed by atoms with E-state index in [9.17, 15) is 0 Å². The van der Waals surface area contributed by atoms with Gasteiger partial charge in [-0.1, -0.05) is 31.9 Å². The molecule has 0 saturated heterocycles. The summed E-state index contributed by atoms with van der Waals surface area (Å²) in [6.07, 6.45) is 0. The molecule has 0 N–H and O–H groups in total. The minimum Gasteiger partial charge on any atom is -0.0702 e. The van der Waals surface area contributed by atoms with E-state index in [-0.39, 0.29) is 0 Å². The van der Waals surface area contributed by atoms with E-state index in [2.05, 4.69) is 34.6 Å². The van der Waals surface area contributed by atoms with Gasteiger partial charge in [-0.05, 0) is 25.2 Å². The summed E-state index contributed by atoms with van der Waals surface area (Å²) in [4.78, 5) is 0. The molecule has 1 aliphatic carbocycles. The first kappa shape index (κ1) is 6.85. The Morgan fingerprint density at radius 3 is 1.78 bits per heavy atom. The third-order valence-corrected chi connectivity index (χ3v) is 3.29. The Hall–Kier alpha value is -0.260. The first-order valence-corrected chi connectivity index (χ1v) is 3.65. The van der Waals surface area contributed by atoms with Crippen molar-refractivity contribution >= 4 is 0 Å². The van der Waals surface area contributed by atoms with Crippen LogP contribution in [0.25, 0.3) is 0 Å². The van der Waals surface area contributed by atoms with Gasteiger partial charge in [-0.3, -0.25) is 0 Å². The van der Waals surface area contributed by atoms with Crippen LogP contribution >= 0.6 is 0 Å². The minimum atomic E-state index is 0.490. The summed E-state index contributed by atoms with van der Waals surface area (Å²) < 4.78 is 0. The van der Waals surface area contributed by atoms with E-state index in [1.165, 1.54) is 0 Å². The fourth-order valence-electron chi connectivity index (χ4n) is 1.62. The first-order chi connectivity index (χ1) is 3.98. The van der Waals surface area contributed by atoms with Crippen LogP contribution in [-0.4, -0.2) is 0 Å². The maximum Gasteiger partial charge on any atom is -0.00820 e. The van der Waals surface area contributed by atoms with E-state index in [4.69, 9.17) is 0 Å². The Labute approximate surface area is 58.0 Å². The lowest BCUT2D eigenvalue weighted by Gasteiger charge is -2.45. The maximum atomic E-state index is 2.32. The largest absolute Gasteiger partial charge is 0.0702 e. The lowest BCUT2D eigenvalue weighted by Crippen LogP contribution is -2.34. The van der Waals surface area contributed by atoms with Gasteiger partial charge in [-0.25, -0.2) is 0 Å². The van der Waals surface area contributed by atoms with Crippen LogP contribution < -0.4 is 0 Å². The van der Waals surface area contributed by atoms with Crippen molar-refractivity contribution in [2.24, 2.45) is 11.3 Å². The highest BCUT2D eigenvalue weighted by atomic mass is 14.4. The summed E-state index contributed by atoms with van der Waals surface area (Å²) >= 11 is 0. The van der Waals surface area contributed by atoms with Gasteiger partial charge in [0.05, 0.1) is 0 Å². The molecule has 0 aromatic heterocycles. The molecule has 1 atom stereocenters. The summed E-state index contributed by atoms with van der Waals surface area (Å²) in [7, 11) is 0. The molecule has 0 aliphatic heterocycles. The van der Waals surface area contributed by atoms with E-state index in [0.717, 1.165) is 5.92 Å². The molecule has 0 unspecified atom stereocenters. The molecule has 0 heterocycles. The lowest BCUT2D eigenvalue weighted by molar-refractivity contribution is 0.265. The maximum absolute atomic E-state index is 2.32. The average Bonchev–Trinajstić information content (AvgIpc) is 1.84. The van der Waals surface area contributed by atoms with Crippen LogP contribution in [-0.2, 0) is 0 Å². The number of allylic oxidation sites excluding steroid dienone is 2. The Bertz CT molecular complexity index is 161. The normalized spacial score (nSPS) is 32.3. The number of hydrogen-bond donors (Lipinski definition) is 0. The van der Waals surface area contributed by atoms with Crippen LogP contribution in [0, 0.1) is 11.3 Å². The van der Waals surface area contributed by atoms with Crippen LogP contribution in [0.5, 0.6) is 0 Å². The van der Waals surface area contributed by atoms with Gasteiger partial charge >= 0.3 is 0 Å². The third kappa shape index (κ3) is 0.654. The molecular weight excluding hydrogens is 108 g/mol. The predicted octanol–water partition coefficient (Wildman–Crippen LogP) is 3.00. The molecule has 0 fully saturated rings. The van der Waals surface area contributed by atoms with Gasteiger partial charge in [0.15, 0.2) is 0 Å². The molecule has 0 aromatic rings. The summed E-state index contributed by atoms with van der Waals surface area (Å²) in [5, 5.41) is 0. The number of rotatable bonds is 0. The van der Waals surface area contributed by atoms with E-state index in [1.54, 1.807) is 11.1 Å². The quantitative estimate of drug-likeness (QED) is 0.435. The standard InChI is InChI=1S/C9H16/c1-6-7(2)9(4,5)8(6)3/h7H,1-5H3/t7-/m1/s1. The molecule has 0 saturated carbocycles. The van der Waals surface area contributed by atoms with Crippen LogP contribution in [0.1, 0.15) is 34.6 Å². The molecule has 0 heteroatoms. The van der Waals surface area contributed by atoms with E-state index in [0.29, 0.717) is 5.41 Å². The second-order valence-corrected chi connectivity index (χ2v) is 3.75. The molecule has 0 amide bonds.